The number of rotatable bonds is 2. The van der Waals surface area contributed by atoms with Gasteiger partial charge >= 0.3 is 0 Å². The number of benzene rings is 1. The first-order valence-corrected chi connectivity index (χ1v) is 5.52. The Morgan fingerprint density at radius 2 is 2.12 bits per heavy atom. The van der Waals surface area contributed by atoms with Crippen LogP contribution in [0.1, 0.15) is 42.1 Å². The highest BCUT2D eigenvalue weighted by Gasteiger charge is 2.34. The highest BCUT2D eigenvalue weighted by molar-refractivity contribution is 5.94. The second-order valence-electron chi connectivity index (χ2n) is 4.92. The van der Waals surface area contributed by atoms with Crippen molar-refractivity contribution in [2.24, 2.45) is 5.73 Å². The average molecular weight is 219 g/mol. The molecule has 1 aliphatic rings. The van der Waals surface area contributed by atoms with Crippen LogP contribution in [0.3, 0.4) is 0 Å². The van der Waals surface area contributed by atoms with E-state index >= 15 is 0 Å². The summed E-state index contributed by atoms with van der Waals surface area (Å²) in [5, 5.41) is 0. The Hall–Kier alpha value is -1.35. The van der Waals surface area contributed by atoms with Gasteiger partial charge in [0.1, 0.15) is 0 Å². The topological polar surface area (TPSA) is 52.3 Å². The molecule has 1 fully saturated rings. The minimum atomic E-state index is -0.361. The summed E-state index contributed by atoms with van der Waals surface area (Å²) in [5.74, 6) is -0.0843. The highest BCUT2D eigenvalue weighted by Crippen LogP contribution is 2.37. The maximum atomic E-state index is 11.3. The van der Waals surface area contributed by atoms with Gasteiger partial charge in [-0.05, 0) is 31.9 Å². The van der Waals surface area contributed by atoms with Crippen molar-refractivity contribution in [3.8, 4) is 0 Å². The predicted octanol–water partition coefficient (Wildman–Crippen LogP) is 2.07. The Labute approximate surface area is 95.6 Å². The smallest absolute Gasteiger partial charge is 0.248 e. The van der Waals surface area contributed by atoms with Gasteiger partial charge in [-0.15, -0.1) is 0 Å². The number of nitrogens with two attached hydrogens (primary N) is 1. The third-order valence-corrected chi connectivity index (χ3v) is 3.08. The van der Waals surface area contributed by atoms with E-state index in [1.54, 1.807) is 6.07 Å². The summed E-state index contributed by atoms with van der Waals surface area (Å²) in [7, 11) is 0. The zero-order valence-electron chi connectivity index (χ0n) is 9.69. The van der Waals surface area contributed by atoms with Crippen molar-refractivity contribution < 1.29 is 9.53 Å². The van der Waals surface area contributed by atoms with E-state index < -0.39 is 0 Å². The average Bonchev–Trinajstić information content (AvgIpc) is 2.59. The van der Waals surface area contributed by atoms with Crippen LogP contribution in [0, 0.1) is 0 Å². The van der Waals surface area contributed by atoms with E-state index in [0.29, 0.717) is 12.2 Å². The van der Waals surface area contributed by atoms with Gasteiger partial charge in [0.25, 0.3) is 0 Å². The molecule has 2 N–H and O–H groups in total. The Morgan fingerprint density at radius 3 is 2.69 bits per heavy atom. The van der Waals surface area contributed by atoms with Gasteiger partial charge in [0.05, 0.1) is 12.2 Å². The van der Waals surface area contributed by atoms with Crippen LogP contribution in [0.4, 0.5) is 0 Å². The SMILES string of the molecule is CC1(C)CC(c2ccccc2C(N)=O)CO1. The molecule has 1 aromatic rings. The predicted molar refractivity (Wildman–Crippen MR) is 62.3 cm³/mol. The number of ether oxygens (including phenoxy) is 1. The Bertz CT molecular complexity index is 412. The van der Waals surface area contributed by atoms with Gasteiger partial charge in [-0.1, -0.05) is 18.2 Å². The molecule has 0 aliphatic carbocycles. The minimum Gasteiger partial charge on any atom is -0.375 e. The van der Waals surface area contributed by atoms with Crippen LogP contribution in [0.25, 0.3) is 0 Å². The maximum Gasteiger partial charge on any atom is 0.248 e. The quantitative estimate of drug-likeness (QED) is 0.827. The van der Waals surface area contributed by atoms with Gasteiger partial charge in [0.15, 0.2) is 0 Å². The number of hydrogen-bond donors (Lipinski definition) is 1. The number of carbonyl (C=O) groups is 1. The van der Waals surface area contributed by atoms with Crippen LogP contribution in [-0.2, 0) is 4.74 Å². The minimum absolute atomic E-state index is 0.102. The van der Waals surface area contributed by atoms with Crippen LogP contribution in [0.5, 0.6) is 0 Å². The largest absolute Gasteiger partial charge is 0.375 e. The number of amides is 1. The van der Waals surface area contributed by atoms with E-state index in [-0.39, 0.29) is 17.4 Å². The second-order valence-corrected chi connectivity index (χ2v) is 4.92. The maximum absolute atomic E-state index is 11.3. The molecule has 0 saturated carbocycles. The van der Waals surface area contributed by atoms with E-state index in [0.717, 1.165) is 12.0 Å². The molecule has 1 amide bonds. The van der Waals surface area contributed by atoms with Crippen molar-refractivity contribution in [3.05, 3.63) is 35.4 Å². The standard InChI is InChI=1S/C13H17NO2/c1-13(2)7-9(8-16-13)10-5-3-4-6-11(10)12(14)15/h3-6,9H,7-8H2,1-2H3,(H2,14,15). The lowest BCUT2D eigenvalue weighted by molar-refractivity contribution is 0.0361. The van der Waals surface area contributed by atoms with Gasteiger partial charge in [0.2, 0.25) is 5.91 Å². The lowest BCUT2D eigenvalue weighted by atomic mass is 9.88. The first kappa shape index (κ1) is 11.1. The fourth-order valence-corrected chi connectivity index (χ4v) is 2.31. The van der Waals surface area contributed by atoms with E-state index in [9.17, 15) is 4.79 Å². The van der Waals surface area contributed by atoms with Gasteiger partial charge in [-0.3, -0.25) is 4.79 Å². The van der Waals surface area contributed by atoms with Crippen LogP contribution < -0.4 is 5.73 Å². The summed E-state index contributed by atoms with van der Waals surface area (Å²) in [6, 6.07) is 7.52. The van der Waals surface area contributed by atoms with Gasteiger partial charge < -0.3 is 10.5 Å². The van der Waals surface area contributed by atoms with Crippen molar-refractivity contribution >= 4 is 5.91 Å². The number of carbonyl (C=O) groups excluding carboxylic acids is 1. The van der Waals surface area contributed by atoms with Gasteiger partial charge in [-0.2, -0.15) is 0 Å². The molecule has 3 nitrogen and oxygen atoms in total. The Kier molecular flexibility index (Phi) is 2.72. The van der Waals surface area contributed by atoms with Gasteiger partial charge in [-0.25, -0.2) is 0 Å². The lowest BCUT2D eigenvalue weighted by Gasteiger charge is -2.16. The zero-order chi connectivity index (χ0) is 11.8. The van der Waals surface area contributed by atoms with Crippen LogP contribution >= 0.6 is 0 Å². The van der Waals surface area contributed by atoms with Crippen molar-refractivity contribution in [1.82, 2.24) is 0 Å². The summed E-state index contributed by atoms with van der Waals surface area (Å²) in [5.41, 5.74) is 6.90. The summed E-state index contributed by atoms with van der Waals surface area (Å²) >= 11 is 0. The molecule has 16 heavy (non-hydrogen) atoms. The summed E-state index contributed by atoms with van der Waals surface area (Å²) in [6.07, 6.45) is 0.928. The van der Waals surface area contributed by atoms with E-state index in [4.69, 9.17) is 10.5 Å². The highest BCUT2D eigenvalue weighted by atomic mass is 16.5. The molecule has 1 aliphatic heterocycles. The molecular formula is C13H17NO2. The van der Waals surface area contributed by atoms with E-state index in [1.165, 1.54) is 0 Å². The molecule has 1 heterocycles. The molecule has 0 spiro atoms. The summed E-state index contributed by atoms with van der Waals surface area (Å²) in [6.45, 7) is 4.80. The van der Waals surface area contributed by atoms with E-state index in [2.05, 4.69) is 13.8 Å². The summed E-state index contributed by atoms with van der Waals surface area (Å²) in [4.78, 5) is 11.3. The molecule has 3 heteroatoms. The molecule has 0 radical (unpaired) electrons. The third kappa shape index (κ3) is 2.09. The molecule has 1 aromatic carbocycles. The number of hydrogen-bond acceptors (Lipinski definition) is 2. The van der Waals surface area contributed by atoms with E-state index in [1.807, 2.05) is 18.2 Å². The fraction of sp³-hybridized carbons (Fsp3) is 0.462. The van der Waals surface area contributed by atoms with Crippen LogP contribution in [0.15, 0.2) is 24.3 Å². The summed E-state index contributed by atoms with van der Waals surface area (Å²) < 4.78 is 5.69. The molecule has 0 aromatic heterocycles. The first-order chi connectivity index (χ1) is 7.49. The van der Waals surface area contributed by atoms with Crippen LogP contribution in [-0.4, -0.2) is 18.1 Å². The molecule has 1 saturated heterocycles. The fourth-order valence-electron chi connectivity index (χ4n) is 2.31. The molecular weight excluding hydrogens is 202 g/mol. The van der Waals surface area contributed by atoms with Crippen molar-refractivity contribution in [1.29, 1.82) is 0 Å². The first-order valence-electron chi connectivity index (χ1n) is 5.52. The lowest BCUT2D eigenvalue weighted by Crippen LogP contribution is -2.17. The number of primary amides is 1. The zero-order valence-corrected chi connectivity index (χ0v) is 9.69. The Balaban J connectivity index is 2.31. The monoisotopic (exact) mass is 219 g/mol. The molecule has 86 valence electrons. The second kappa shape index (κ2) is 3.91. The van der Waals surface area contributed by atoms with Crippen molar-refractivity contribution in [2.75, 3.05) is 6.61 Å². The normalized spacial score (nSPS) is 23.2. The molecule has 1 atom stereocenters. The molecule has 2 rings (SSSR count). The van der Waals surface area contributed by atoms with Crippen LogP contribution in [0.2, 0.25) is 0 Å². The third-order valence-electron chi connectivity index (χ3n) is 3.08. The van der Waals surface area contributed by atoms with Gasteiger partial charge in [0, 0.05) is 11.5 Å². The Morgan fingerprint density at radius 1 is 1.44 bits per heavy atom. The molecule has 0 bridgehead atoms. The molecule has 1 unspecified atom stereocenters. The van der Waals surface area contributed by atoms with Crippen molar-refractivity contribution in [3.63, 3.8) is 0 Å². The van der Waals surface area contributed by atoms with Crippen molar-refractivity contribution in [2.45, 2.75) is 31.8 Å².